The van der Waals surface area contributed by atoms with Gasteiger partial charge in [0.2, 0.25) is 10.0 Å². The molecular formula is C11H16N2O3S. The van der Waals surface area contributed by atoms with Gasteiger partial charge in [0.25, 0.3) is 0 Å². The van der Waals surface area contributed by atoms with Crippen LogP contribution in [0.1, 0.15) is 13.3 Å². The van der Waals surface area contributed by atoms with Crippen molar-refractivity contribution in [3.05, 3.63) is 18.2 Å². The Kier molecular flexibility index (Phi) is 3.01. The fourth-order valence-electron chi connectivity index (χ4n) is 1.65. The molecule has 0 bridgehead atoms. The van der Waals surface area contributed by atoms with E-state index in [1.165, 1.54) is 13.2 Å². The van der Waals surface area contributed by atoms with Gasteiger partial charge in [-0.15, -0.1) is 0 Å². The summed E-state index contributed by atoms with van der Waals surface area (Å²) in [7, 11) is -2.12. The zero-order chi connectivity index (χ0) is 12.6. The van der Waals surface area contributed by atoms with E-state index in [4.69, 9.17) is 10.5 Å². The van der Waals surface area contributed by atoms with E-state index in [1.54, 1.807) is 12.1 Å². The van der Waals surface area contributed by atoms with E-state index in [9.17, 15) is 8.42 Å². The molecule has 17 heavy (non-hydrogen) atoms. The van der Waals surface area contributed by atoms with E-state index in [0.29, 0.717) is 17.4 Å². The topological polar surface area (TPSA) is 81.4 Å². The molecule has 94 valence electrons. The first-order valence-electron chi connectivity index (χ1n) is 5.40. The third kappa shape index (κ3) is 2.53. The smallest absolute Gasteiger partial charge is 0.244 e. The Hall–Kier alpha value is -1.27. The van der Waals surface area contributed by atoms with E-state index in [2.05, 4.69) is 4.72 Å². The second kappa shape index (κ2) is 4.19. The molecule has 0 heterocycles. The van der Waals surface area contributed by atoms with Gasteiger partial charge in [-0.3, -0.25) is 0 Å². The van der Waals surface area contributed by atoms with Gasteiger partial charge >= 0.3 is 0 Å². The third-order valence-electron chi connectivity index (χ3n) is 2.89. The molecule has 1 aromatic rings. The molecule has 0 amide bonds. The van der Waals surface area contributed by atoms with Crippen molar-refractivity contribution in [2.45, 2.75) is 24.3 Å². The Labute approximate surface area is 101 Å². The first-order chi connectivity index (χ1) is 7.94. The molecule has 1 aliphatic rings. The number of nitrogens with one attached hydrogen (secondary N) is 1. The highest BCUT2D eigenvalue weighted by Crippen LogP contribution is 2.32. The maximum Gasteiger partial charge on any atom is 0.244 e. The zero-order valence-corrected chi connectivity index (χ0v) is 10.6. The lowest BCUT2D eigenvalue weighted by Gasteiger charge is -2.11. The molecule has 0 spiro atoms. The van der Waals surface area contributed by atoms with Gasteiger partial charge < -0.3 is 10.5 Å². The standard InChI is InChI=1S/C11H16N2O3S/c1-7-5-9(7)13-17(14,15)11-6-8(12)3-4-10(11)16-2/h3-4,6-7,9,13H,5,12H2,1-2H3. The highest BCUT2D eigenvalue weighted by molar-refractivity contribution is 7.89. The maximum absolute atomic E-state index is 12.1. The second-order valence-corrected chi connectivity index (χ2v) is 6.03. The lowest BCUT2D eigenvalue weighted by molar-refractivity contribution is 0.402. The predicted octanol–water partition coefficient (Wildman–Crippen LogP) is 0.964. The van der Waals surface area contributed by atoms with Crippen LogP contribution in [0.25, 0.3) is 0 Å². The Morgan fingerprint density at radius 3 is 2.65 bits per heavy atom. The summed E-state index contributed by atoms with van der Waals surface area (Å²) >= 11 is 0. The fourth-order valence-corrected chi connectivity index (χ4v) is 3.21. The average Bonchev–Trinajstić information content (AvgIpc) is 2.93. The number of methoxy groups -OCH3 is 1. The maximum atomic E-state index is 12.1. The molecule has 6 heteroatoms. The number of ether oxygens (including phenoxy) is 1. The van der Waals surface area contributed by atoms with Crippen LogP contribution in [0, 0.1) is 5.92 Å². The lowest BCUT2D eigenvalue weighted by atomic mass is 10.3. The van der Waals surface area contributed by atoms with E-state index in [1.807, 2.05) is 6.92 Å². The first-order valence-corrected chi connectivity index (χ1v) is 6.88. The van der Waals surface area contributed by atoms with Gasteiger partial charge in [0.1, 0.15) is 10.6 Å². The fraction of sp³-hybridized carbons (Fsp3) is 0.455. The van der Waals surface area contributed by atoms with Crippen LogP contribution >= 0.6 is 0 Å². The minimum absolute atomic E-state index is 0.0335. The van der Waals surface area contributed by atoms with Crippen LogP contribution in [-0.2, 0) is 10.0 Å². The average molecular weight is 256 g/mol. The van der Waals surface area contributed by atoms with Crippen molar-refractivity contribution in [3.63, 3.8) is 0 Å². The van der Waals surface area contributed by atoms with Crippen molar-refractivity contribution in [2.75, 3.05) is 12.8 Å². The van der Waals surface area contributed by atoms with Gasteiger partial charge in [0.05, 0.1) is 7.11 Å². The number of nitrogens with two attached hydrogens (primary N) is 1. The normalized spacial score (nSPS) is 23.4. The Morgan fingerprint density at radius 2 is 2.12 bits per heavy atom. The van der Waals surface area contributed by atoms with Gasteiger partial charge in [0.15, 0.2) is 0 Å². The molecule has 5 nitrogen and oxygen atoms in total. The lowest BCUT2D eigenvalue weighted by Crippen LogP contribution is -2.27. The molecular weight excluding hydrogens is 240 g/mol. The van der Waals surface area contributed by atoms with Crippen LogP contribution in [0.4, 0.5) is 5.69 Å². The molecule has 1 aromatic carbocycles. The van der Waals surface area contributed by atoms with Crippen molar-refractivity contribution in [2.24, 2.45) is 5.92 Å². The van der Waals surface area contributed by atoms with Crippen LogP contribution in [0.2, 0.25) is 0 Å². The summed E-state index contributed by atoms with van der Waals surface area (Å²) in [6.07, 6.45) is 0.879. The van der Waals surface area contributed by atoms with Crippen molar-refractivity contribution < 1.29 is 13.2 Å². The Bertz CT molecular complexity index is 528. The van der Waals surface area contributed by atoms with Crippen molar-refractivity contribution in [1.82, 2.24) is 4.72 Å². The second-order valence-electron chi connectivity index (χ2n) is 4.35. The SMILES string of the molecule is COc1ccc(N)cc1S(=O)(=O)NC1CC1C. The van der Waals surface area contributed by atoms with E-state index in [0.717, 1.165) is 6.42 Å². The quantitative estimate of drug-likeness (QED) is 0.786. The van der Waals surface area contributed by atoms with Crippen molar-refractivity contribution in [3.8, 4) is 5.75 Å². The summed E-state index contributed by atoms with van der Waals surface area (Å²) in [6.45, 7) is 2.00. The van der Waals surface area contributed by atoms with Crippen molar-refractivity contribution in [1.29, 1.82) is 0 Å². The van der Waals surface area contributed by atoms with Crippen molar-refractivity contribution >= 4 is 15.7 Å². The van der Waals surface area contributed by atoms with E-state index < -0.39 is 10.0 Å². The predicted molar refractivity (Wildman–Crippen MR) is 65.3 cm³/mol. The minimum Gasteiger partial charge on any atom is -0.495 e. The van der Waals surface area contributed by atoms with Gasteiger partial charge in [-0.25, -0.2) is 13.1 Å². The monoisotopic (exact) mass is 256 g/mol. The number of rotatable bonds is 4. The summed E-state index contributed by atoms with van der Waals surface area (Å²) in [5.41, 5.74) is 6.00. The molecule has 0 saturated heterocycles. The molecule has 0 radical (unpaired) electrons. The van der Waals surface area contributed by atoms with Crippen LogP contribution in [0.5, 0.6) is 5.75 Å². The Morgan fingerprint density at radius 1 is 1.47 bits per heavy atom. The third-order valence-corrected chi connectivity index (χ3v) is 4.40. The van der Waals surface area contributed by atoms with Crippen LogP contribution in [-0.4, -0.2) is 21.6 Å². The largest absolute Gasteiger partial charge is 0.495 e. The zero-order valence-electron chi connectivity index (χ0n) is 9.80. The van der Waals surface area contributed by atoms with Crippen LogP contribution in [0.3, 0.4) is 0 Å². The first kappa shape index (κ1) is 12.2. The molecule has 0 aliphatic heterocycles. The summed E-state index contributed by atoms with van der Waals surface area (Å²) in [5.74, 6) is 0.705. The number of sulfonamides is 1. The van der Waals surface area contributed by atoms with E-state index in [-0.39, 0.29) is 10.9 Å². The molecule has 3 N–H and O–H groups in total. The molecule has 1 aliphatic carbocycles. The molecule has 2 rings (SSSR count). The minimum atomic E-state index is -3.55. The molecule has 1 saturated carbocycles. The van der Waals surface area contributed by atoms with Crippen LogP contribution in [0.15, 0.2) is 23.1 Å². The summed E-state index contributed by atoms with van der Waals surface area (Å²) in [5, 5.41) is 0. The molecule has 1 fully saturated rings. The van der Waals surface area contributed by atoms with Gasteiger partial charge in [-0.1, -0.05) is 6.92 Å². The summed E-state index contributed by atoms with van der Waals surface area (Å²) in [6, 6.07) is 4.61. The van der Waals surface area contributed by atoms with Gasteiger partial charge in [-0.05, 0) is 30.5 Å². The van der Waals surface area contributed by atoms with Gasteiger partial charge in [-0.2, -0.15) is 0 Å². The molecule has 2 unspecified atom stereocenters. The molecule has 2 atom stereocenters. The number of anilines is 1. The number of hydrogen-bond acceptors (Lipinski definition) is 4. The Balaban J connectivity index is 2.34. The summed E-state index contributed by atoms with van der Waals surface area (Å²) in [4.78, 5) is 0.0964. The number of benzene rings is 1. The highest BCUT2D eigenvalue weighted by atomic mass is 32.2. The highest BCUT2D eigenvalue weighted by Gasteiger charge is 2.37. The number of nitrogen functional groups attached to an aromatic ring is 1. The summed E-state index contributed by atoms with van der Waals surface area (Å²) < 4.78 is 31.9. The van der Waals surface area contributed by atoms with Crippen LogP contribution < -0.4 is 15.2 Å². The van der Waals surface area contributed by atoms with E-state index >= 15 is 0 Å². The number of hydrogen-bond donors (Lipinski definition) is 2. The molecule has 0 aromatic heterocycles. The van der Waals surface area contributed by atoms with Gasteiger partial charge in [0, 0.05) is 11.7 Å².